The van der Waals surface area contributed by atoms with E-state index in [1.807, 2.05) is 18.2 Å². The molecule has 0 bridgehead atoms. The lowest BCUT2D eigenvalue weighted by molar-refractivity contribution is -0.0116. The summed E-state index contributed by atoms with van der Waals surface area (Å²) in [6.07, 6.45) is 2.16. The van der Waals surface area contributed by atoms with Crippen LogP contribution in [0.25, 0.3) is 0 Å². The molecular formula is C25H27NO3. The average molecular weight is 389 g/mol. The molecule has 3 aromatic carbocycles. The van der Waals surface area contributed by atoms with Gasteiger partial charge in [0.15, 0.2) is 11.5 Å². The van der Waals surface area contributed by atoms with Gasteiger partial charge in [-0.1, -0.05) is 66.7 Å². The maximum Gasteiger partial charge on any atom is 0.157 e. The first kappa shape index (κ1) is 19.5. The number of hydrogen-bond donors (Lipinski definition) is 3. The summed E-state index contributed by atoms with van der Waals surface area (Å²) in [4.78, 5) is 0. The standard InChI is InChI=1S/C25H27NO3/c27-22-13-11-18(15-23(22)28)16-26-21-12-14-24(29-17-21)25(19-7-3-1-4-8-19)20-9-5-2-6-10-20/h1-11,13,15,21,24-28H,12,14,16-17H2/t21-,24-/m0/s1. The average Bonchev–Trinajstić information content (AvgIpc) is 2.77. The first-order valence-corrected chi connectivity index (χ1v) is 10.2. The highest BCUT2D eigenvalue weighted by Crippen LogP contribution is 2.34. The largest absolute Gasteiger partial charge is 0.504 e. The van der Waals surface area contributed by atoms with Crippen molar-refractivity contribution >= 4 is 0 Å². The van der Waals surface area contributed by atoms with E-state index in [1.54, 1.807) is 6.07 Å². The van der Waals surface area contributed by atoms with Crippen LogP contribution in [-0.4, -0.2) is 29.0 Å². The lowest BCUT2D eigenvalue weighted by Gasteiger charge is -2.35. The van der Waals surface area contributed by atoms with Gasteiger partial charge in [0.1, 0.15) is 0 Å². The van der Waals surface area contributed by atoms with E-state index in [0.717, 1.165) is 18.4 Å². The summed E-state index contributed by atoms with van der Waals surface area (Å²) < 4.78 is 6.34. The second-order valence-corrected chi connectivity index (χ2v) is 7.65. The predicted molar refractivity (Wildman–Crippen MR) is 114 cm³/mol. The highest BCUT2D eigenvalue weighted by atomic mass is 16.5. The number of aromatic hydroxyl groups is 2. The second kappa shape index (κ2) is 9.12. The Kier molecular flexibility index (Phi) is 6.13. The summed E-state index contributed by atoms with van der Waals surface area (Å²) in [6, 6.07) is 26.4. The van der Waals surface area contributed by atoms with Gasteiger partial charge in [0, 0.05) is 18.5 Å². The molecule has 3 N–H and O–H groups in total. The molecule has 1 aliphatic heterocycles. The summed E-state index contributed by atoms with van der Waals surface area (Å²) in [5.74, 6) is 0.0516. The van der Waals surface area contributed by atoms with Gasteiger partial charge in [-0.3, -0.25) is 0 Å². The molecule has 29 heavy (non-hydrogen) atoms. The quantitative estimate of drug-likeness (QED) is 0.541. The first-order chi connectivity index (χ1) is 14.2. The molecule has 1 saturated heterocycles. The molecule has 4 heteroatoms. The molecule has 0 spiro atoms. The van der Waals surface area contributed by atoms with Gasteiger partial charge in [-0.15, -0.1) is 0 Å². The van der Waals surface area contributed by atoms with Crippen LogP contribution in [0.1, 0.15) is 35.4 Å². The minimum Gasteiger partial charge on any atom is -0.504 e. The van der Waals surface area contributed by atoms with Gasteiger partial charge >= 0.3 is 0 Å². The van der Waals surface area contributed by atoms with Gasteiger partial charge in [0.25, 0.3) is 0 Å². The number of phenolic OH excluding ortho intramolecular Hbond substituents is 2. The Morgan fingerprint density at radius 2 is 1.48 bits per heavy atom. The van der Waals surface area contributed by atoms with Crippen LogP contribution >= 0.6 is 0 Å². The normalized spacial score (nSPS) is 19.3. The number of ether oxygens (including phenoxy) is 1. The van der Waals surface area contributed by atoms with Crippen molar-refractivity contribution in [2.45, 2.75) is 37.5 Å². The van der Waals surface area contributed by atoms with Crippen LogP contribution in [0.3, 0.4) is 0 Å². The fourth-order valence-electron chi connectivity index (χ4n) is 4.08. The van der Waals surface area contributed by atoms with Crippen LogP contribution in [0.4, 0.5) is 0 Å². The first-order valence-electron chi connectivity index (χ1n) is 10.2. The Morgan fingerprint density at radius 1 is 0.828 bits per heavy atom. The van der Waals surface area contributed by atoms with Crippen molar-refractivity contribution in [1.29, 1.82) is 0 Å². The van der Waals surface area contributed by atoms with Crippen molar-refractivity contribution < 1.29 is 14.9 Å². The van der Waals surface area contributed by atoms with E-state index in [9.17, 15) is 10.2 Å². The molecule has 3 aromatic rings. The van der Waals surface area contributed by atoms with E-state index >= 15 is 0 Å². The van der Waals surface area contributed by atoms with Gasteiger partial charge in [-0.2, -0.15) is 0 Å². The van der Waals surface area contributed by atoms with E-state index in [-0.39, 0.29) is 29.6 Å². The van der Waals surface area contributed by atoms with Crippen LogP contribution in [0.5, 0.6) is 11.5 Å². The molecule has 0 radical (unpaired) electrons. The highest BCUT2D eigenvalue weighted by molar-refractivity contribution is 5.40. The van der Waals surface area contributed by atoms with Crippen molar-refractivity contribution in [1.82, 2.24) is 5.32 Å². The second-order valence-electron chi connectivity index (χ2n) is 7.65. The Morgan fingerprint density at radius 3 is 2.03 bits per heavy atom. The molecule has 0 saturated carbocycles. The number of rotatable bonds is 6. The third-order valence-electron chi connectivity index (χ3n) is 5.63. The molecular weight excluding hydrogens is 362 g/mol. The fraction of sp³-hybridized carbons (Fsp3) is 0.280. The third kappa shape index (κ3) is 4.78. The van der Waals surface area contributed by atoms with Crippen molar-refractivity contribution in [3.8, 4) is 11.5 Å². The molecule has 4 nitrogen and oxygen atoms in total. The lowest BCUT2D eigenvalue weighted by Crippen LogP contribution is -2.41. The van der Waals surface area contributed by atoms with E-state index in [0.29, 0.717) is 13.2 Å². The van der Waals surface area contributed by atoms with E-state index in [1.165, 1.54) is 17.2 Å². The molecule has 2 atom stereocenters. The summed E-state index contributed by atoms with van der Waals surface area (Å²) >= 11 is 0. The third-order valence-corrected chi connectivity index (χ3v) is 5.63. The smallest absolute Gasteiger partial charge is 0.157 e. The number of hydrogen-bond acceptors (Lipinski definition) is 4. The maximum absolute atomic E-state index is 9.65. The van der Waals surface area contributed by atoms with Crippen LogP contribution in [0.15, 0.2) is 78.9 Å². The minimum absolute atomic E-state index is 0.0853. The maximum atomic E-state index is 9.65. The SMILES string of the molecule is Oc1ccc(CN[C@H]2CC[C@@H](C(c3ccccc3)c3ccccc3)OC2)cc1O. The summed E-state index contributed by atoms with van der Waals surface area (Å²) in [7, 11) is 0. The van der Waals surface area contributed by atoms with Gasteiger partial charge in [-0.25, -0.2) is 0 Å². The van der Waals surface area contributed by atoms with E-state index in [4.69, 9.17) is 4.74 Å². The predicted octanol–water partition coefficient (Wildman–Crippen LogP) is 4.57. The van der Waals surface area contributed by atoms with Crippen LogP contribution in [-0.2, 0) is 11.3 Å². The lowest BCUT2D eigenvalue weighted by atomic mass is 9.83. The van der Waals surface area contributed by atoms with Crippen LogP contribution in [0, 0.1) is 0 Å². The molecule has 1 fully saturated rings. The van der Waals surface area contributed by atoms with Gasteiger partial charge < -0.3 is 20.3 Å². The monoisotopic (exact) mass is 389 g/mol. The Labute approximate surface area is 171 Å². The number of benzene rings is 3. The van der Waals surface area contributed by atoms with Gasteiger partial charge in [0.2, 0.25) is 0 Å². The zero-order chi connectivity index (χ0) is 20.1. The van der Waals surface area contributed by atoms with E-state index in [2.05, 4.69) is 53.8 Å². The molecule has 4 rings (SSSR count). The van der Waals surface area contributed by atoms with Crippen LogP contribution in [0.2, 0.25) is 0 Å². The van der Waals surface area contributed by atoms with Gasteiger partial charge in [0.05, 0.1) is 12.7 Å². The van der Waals surface area contributed by atoms with Gasteiger partial charge in [-0.05, 0) is 41.7 Å². The molecule has 150 valence electrons. The number of phenols is 2. The molecule has 0 aliphatic carbocycles. The topological polar surface area (TPSA) is 61.7 Å². The molecule has 0 amide bonds. The number of nitrogens with one attached hydrogen (secondary N) is 1. The van der Waals surface area contributed by atoms with Crippen molar-refractivity contribution in [3.63, 3.8) is 0 Å². The molecule has 1 heterocycles. The van der Waals surface area contributed by atoms with E-state index < -0.39 is 0 Å². The molecule has 1 aliphatic rings. The van der Waals surface area contributed by atoms with Crippen LogP contribution < -0.4 is 5.32 Å². The molecule has 0 unspecified atom stereocenters. The Balaban J connectivity index is 1.39. The summed E-state index contributed by atoms with van der Waals surface area (Å²) in [5.41, 5.74) is 3.51. The van der Waals surface area contributed by atoms with Crippen molar-refractivity contribution in [3.05, 3.63) is 95.6 Å². The zero-order valence-electron chi connectivity index (χ0n) is 16.4. The minimum atomic E-state index is -0.0922. The molecule has 0 aromatic heterocycles. The summed E-state index contributed by atoms with van der Waals surface area (Å²) in [5, 5.41) is 22.6. The summed E-state index contributed by atoms with van der Waals surface area (Å²) in [6.45, 7) is 1.29. The van der Waals surface area contributed by atoms with Crippen molar-refractivity contribution in [2.75, 3.05) is 6.61 Å². The van der Waals surface area contributed by atoms with Crippen molar-refractivity contribution in [2.24, 2.45) is 0 Å². The Bertz CT molecular complexity index is 866. The zero-order valence-corrected chi connectivity index (χ0v) is 16.4. The fourth-order valence-corrected chi connectivity index (χ4v) is 4.08. The Hall–Kier alpha value is -2.82. The highest BCUT2D eigenvalue weighted by Gasteiger charge is 2.30.